The van der Waals surface area contributed by atoms with Gasteiger partial charge in [0.05, 0.1) is 6.16 Å². The number of hydrogen-bond acceptors (Lipinski definition) is 2. The van der Waals surface area contributed by atoms with Crippen molar-refractivity contribution in [1.82, 2.24) is 10.6 Å². The van der Waals surface area contributed by atoms with Gasteiger partial charge < -0.3 is 10.6 Å². The van der Waals surface area contributed by atoms with Gasteiger partial charge in [0, 0.05) is 25.1 Å². The number of amides is 2. The Balaban J connectivity index is 1.14. The first kappa shape index (κ1) is 33.1. The molecule has 2 N–H and O–H groups in total. The maximum absolute atomic E-state index is 12.5. The van der Waals surface area contributed by atoms with E-state index in [1.807, 2.05) is 24.3 Å². The molecule has 230 valence electrons. The number of hydrogen-bond donors (Lipinski definition) is 2. The molecule has 44 heavy (non-hydrogen) atoms. The zero-order valence-corrected chi connectivity index (χ0v) is 27.1. The average Bonchev–Trinajstić information content (AvgIpc) is 3.08. The van der Waals surface area contributed by atoms with Crippen molar-refractivity contribution < 1.29 is 9.59 Å². The van der Waals surface area contributed by atoms with Gasteiger partial charge in [-0.25, -0.2) is 0 Å². The summed E-state index contributed by atoms with van der Waals surface area (Å²) < 4.78 is 0. The molecule has 0 atom stereocenters. The second-order valence-corrected chi connectivity index (χ2v) is 15.0. The fourth-order valence-corrected chi connectivity index (χ4v) is 10.2. The van der Waals surface area contributed by atoms with Gasteiger partial charge >= 0.3 is 0 Å². The largest absolute Gasteiger partial charge is 0.356 e. The summed E-state index contributed by atoms with van der Waals surface area (Å²) in [5.41, 5.74) is 1.96. The lowest BCUT2D eigenvalue weighted by Gasteiger charge is -2.27. The van der Waals surface area contributed by atoms with Crippen LogP contribution in [0.25, 0.3) is 0 Å². The average molecular weight is 608 g/mol. The first-order valence-electron chi connectivity index (χ1n) is 16.3. The van der Waals surface area contributed by atoms with Crippen LogP contribution in [0.15, 0.2) is 115 Å². The Labute approximate surface area is 265 Å². The number of carbonyl (C=O) groups excluding carboxylic acids is 2. The van der Waals surface area contributed by atoms with Crippen LogP contribution in [0.4, 0.5) is 0 Å². The molecule has 0 aromatic heterocycles. The predicted octanol–water partition coefficient (Wildman–Crippen LogP) is 7.21. The van der Waals surface area contributed by atoms with Gasteiger partial charge in [-0.3, -0.25) is 9.59 Å². The lowest BCUT2D eigenvalue weighted by Crippen LogP contribution is -2.33. The van der Waals surface area contributed by atoms with Gasteiger partial charge in [-0.2, -0.15) is 0 Å². The molecule has 0 unspecified atom stereocenters. The Morgan fingerprint density at radius 1 is 0.545 bits per heavy atom. The van der Waals surface area contributed by atoms with Crippen molar-refractivity contribution in [2.75, 3.05) is 19.3 Å². The Kier molecular flexibility index (Phi) is 13.7. The first-order chi connectivity index (χ1) is 21.6. The molecule has 0 aliphatic rings. The highest BCUT2D eigenvalue weighted by Gasteiger charge is 2.44. The molecule has 4 nitrogen and oxygen atoms in total. The summed E-state index contributed by atoms with van der Waals surface area (Å²) in [6, 6.07) is 40.8. The zero-order chi connectivity index (χ0) is 30.9. The monoisotopic (exact) mass is 607 g/mol. The van der Waals surface area contributed by atoms with Gasteiger partial charge in [0.15, 0.2) is 0 Å². The van der Waals surface area contributed by atoms with E-state index < -0.39 is 7.26 Å². The van der Waals surface area contributed by atoms with Crippen LogP contribution in [-0.4, -0.2) is 31.1 Å². The summed E-state index contributed by atoms with van der Waals surface area (Å²) >= 11 is 0. The van der Waals surface area contributed by atoms with Gasteiger partial charge in [0.25, 0.3) is 5.91 Å². The van der Waals surface area contributed by atoms with Crippen LogP contribution in [0.5, 0.6) is 0 Å². The Morgan fingerprint density at radius 3 is 1.52 bits per heavy atom. The van der Waals surface area contributed by atoms with E-state index in [-0.39, 0.29) is 11.8 Å². The molecule has 4 rings (SSSR count). The van der Waals surface area contributed by atoms with E-state index in [9.17, 15) is 9.59 Å². The standard InChI is InChI=1S/C39H47N2O2P/c1-2-33-26-28-34(29-27-33)39(43)41-31-17-4-3-16-30-40-38(42)25-15-8-18-32-44(35-19-9-5-10-20-35,36-21-11-6-12-22-36)37-23-13-7-14-24-37/h5-7,9-14,19-24,26-29H,2-4,8,15-18,25,30-32H2,1H3,(H-,40,41,42,43)/p+1. The zero-order valence-electron chi connectivity index (χ0n) is 26.2. The molecule has 0 aliphatic heterocycles. The summed E-state index contributed by atoms with van der Waals surface area (Å²) in [6.07, 6.45) is 9.69. The number of rotatable bonds is 18. The molecule has 0 saturated carbocycles. The molecule has 0 aliphatic carbocycles. The summed E-state index contributed by atoms with van der Waals surface area (Å²) in [6.45, 7) is 3.52. The van der Waals surface area contributed by atoms with Crippen LogP contribution < -0.4 is 26.5 Å². The third-order valence-corrected chi connectivity index (χ3v) is 12.9. The van der Waals surface area contributed by atoms with Crippen LogP contribution >= 0.6 is 7.26 Å². The molecule has 0 fully saturated rings. The highest BCUT2D eigenvalue weighted by molar-refractivity contribution is 7.95. The topological polar surface area (TPSA) is 58.2 Å². The molecule has 0 saturated heterocycles. The highest BCUT2D eigenvalue weighted by atomic mass is 31.2. The van der Waals surface area contributed by atoms with E-state index in [2.05, 4.69) is 109 Å². The van der Waals surface area contributed by atoms with Gasteiger partial charge in [-0.05, 0) is 92.6 Å². The van der Waals surface area contributed by atoms with Crippen molar-refractivity contribution in [1.29, 1.82) is 0 Å². The highest BCUT2D eigenvalue weighted by Crippen LogP contribution is 2.56. The molecule has 2 amide bonds. The minimum absolute atomic E-state index is 0.00678. The Hall–Kier alpha value is -3.75. The number of carbonyl (C=O) groups is 2. The van der Waals surface area contributed by atoms with Crippen molar-refractivity contribution in [3.8, 4) is 0 Å². The lowest BCUT2D eigenvalue weighted by atomic mass is 10.1. The van der Waals surface area contributed by atoms with E-state index in [4.69, 9.17) is 0 Å². The number of nitrogens with one attached hydrogen (secondary N) is 2. The molecular formula is C39H48N2O2P+. The first-order valence-corrected chi connectivity index (χ1v) is 18.3. The predicted molar refractivity (Wildman–Crippen MR) is 188 cm³/mol. The van der Waals surface area contributed by atoms with Crippen molar-refractivity contribution in [2.45, 2.75) is 64.7 Å². The molecule has 0 heterocycles. The maximum atomic E-state index is 12.5. The van der Waals surface area contributed by atoms with Gasteiger partial charge in [-0.15, -0.1) is 0 Å². The quantitative estimate of drug-likeness (QED) is 0.0928. The molecule has 5 heteroatoms. The van der Waals surface area contributed by atoms with Crippen LogP contribution in [0.1, 0.15) is 74.2 Å². The summed E-state index contributed by atoms with van der Waals surface area (Å²) in [5.74, 6) is 0.147. The molecular weight excluding hydrogens is 559 g/mol. The summed E-state index contributed by atoms with van der Waals surface area (Å²) in [4.78, 5) is 24.8. The molecule has 0 radical (unpaired) electrons. The van der Waals surface area contributed by atoms with E-state index >= 15 is 0 Å². The van der Waals surface area contributed by atoms with Crippen LogP contribution in [-0.2, 0) is 11.2 Å². The molecule has 4 aromatic carbocycles. The van der Waals surface area contributed by atoms with Gasteiger partial charge in [0.1, 0.15) is 23.2 Å². The molecule has 4 aromatic rings. The number of benzene rings is 4. The minimum atomic E-state index is -1.80. The summed E-state index contributed by atoms with van der Waals surface area (Å²) in [5, 5.41) is 10.4. The minimum Gasteiger partial charge on any atom is -0.356 e. The Bertz CT molecular complexity index is 1300. The maximum Gasteiger partial charge on any atom is 0.251 e. The van der Waals surface area contributed by atoms with Gasteiger partial charge in [0.2, 0.25) is 5.91 Å². The second-order valence-electron chi connectivity index (χ2n) is 11.4. The fraction of sp³-hybridized carbons (Fsp3) is 0.333. The smallest absolute Gasteiger partial charge is 0.251 e. The normalized spacial score (nSPS) is 11.2. The molecule has 0 spiro atoms. The molecule has 0 bridgehead atoms. The number of unbranched alkanes of at least 4 members (excludes halogenated alkanes) is 5. The third-order valence-electron chi connectivity index (χ3n) is 8.32. The van der Waals surface area contributed by atoms with Crippen molar-refractivity contribution in [2.24, 2.45) is 0 Å². The van der Waals surface area contributed by atoms with E-state index in [1.54, 1.807) is 0 Å². The van der Waals surface area contributed by atoms with Crippen LogP contribution in [0, 0.1) is 0 Å². The second kappa shape index (κ2) is 18.1. The Morgan fingerprint density at radius 2 is 1.02 bits per heavy atom. The van der Waals surface area contributed by atoms with Crippen molar-refractivity contribution >= 4 is 35.0 Å². The van der Waals surface area contributed by atoms with E-state index in [0.717, 1.165) is 69.6 Å². The van der Waals surface area contributed by atoms with E-state index in [0.29, 0.717) is 13.0 Å². The summed E-state index contributed by atoms with van der Waals surface area (Å²) in [7, 11) is -1.80. The number of aryl methyl sites for hydroxylation is 1. The lowest BCUT2D eigenvalue weighted by molar-refractivity contribution is -0.121. The fourth-order valence-electron chi connectivity index (χ4n) is 5.81. The van der Waals surface area contributed by atoms with Crippen molar-refractivity contribution in [3.05, 3.63) is 126 Å². The third kappa shape index (κ3) is 9.63. The van der Waals surface area contributed by atoms with Crippen LogP contribution in [0.3, 0.4) is 0 Å². The van der Waals surface area contributed by atoms with Crippen molar-refractivity contribution in [3.63, 3.8) is 0 Å². The van der Waals surface area contributed by atoms with Gasteiger partial charge in [-0.1, -0.05) is 86.5 Å². The van der Waals surface area contributed by atoms with Crippen LogP contribution in [0.2, 0.25) is 0 Å². The van der Waals surface area contributed by atoms with E-state index in [1.165, 1.54) is 21.5 Å². The SMILES string of the molecule is CCc1ccc(C(=O)NCCCCCCNC(=O)CCCCC[P+](c2ccccc2)(c2ccccc2)c2ccccc2)cc1.